The van der Waals surface area contributed by atoms with E-state index in [2.05, 4.69) is 12.2 Å². The first-order valence-corrected chi connectivity index (χ1v) is 10.1. The van der Waals surface area contributed by atoms with Crippen LogP contribution in [0.25, 0.3) is 0 Å². The second kappa shape index (κ2) is 7.53. The van der Waals surface area contributed by atoms with Gasteiger partial charge in [0.05, 0.1) is 17.9 Å². The number of allylic oxidation sites excluding steroid dienone is 2. The van der Waals surface area contributed by atoms with Gasteiger partial charge in [0.2, 0.25) is 0 Å². The smallest absolute Gasteiger partial charge is 0.310 e. The molecule has 0 aromatic heterocycles. The highest BCUT2D eigenvalue weighted by Gasteiger charge is 2.63. The van der Waals surface area contributed by atoms with Crippen LogP contribution in [0.1, 0.15) is 37.0 Å². The number of carbonyl (C=O) groups excluding carboxylic acids is 3. The van der Waals surface area contributed by atoms with Crippen LogP contribution in [0.2, 0.25) is 0 Å². The van der Waals surface area contributed by atoms with Crippen molar-refractivity contribution in [2.75, 3.05) is 6.61 Å². The quantitative estimate of drug-likeness (QED) is 0.410. The van der Waals surface area contributed by atoms with E-state index in [1.807, 2.05) is 19.9 Å². The fraction of sp³-hybridized carbons (Fsp3) is 0.522. The highest BCUT2D eigenvalue weighted by molar-refractivity contribution is 5.98. The van der Waals surface area contributed by atoms with Crippen LogP contribution in [-0.4, -0.2) is 30.4 Å². The van der Waals surface area contributed by atoms with Gasteiger partial charge >= 0.3 is 11.9 Å². The fourth-order valence-electron chi connectivity index (χ4n) is 4.82. The molecule has 0 aliphatic heterocycles. The van der Waals surface area contributed by atoms with E-state index in [1.165, 1.54) is 0 Å². The molecule has 0 radical (unpaired) electrons. The molecule has 7 atom stereocenters. The van der Waals surface area contributed by atoms with E-state index < -0.39 is 17.8 Å². The molecular formula is C23H26O5. The summed E-state index contributed by atoms with van der Waals surface area (Å²) in [4.78, 5) is 38.1. The van der Waals surface area contributed by atoms with Crippen molar-refractivity contribution in [1.29, 1.82) is 0 Å². The minimum atomic E-state index is -0.557. The summed E-state index contributed by atoms with van der Waals surface area (Å²) in [6.07, 6.45) is 5.75. The average Bonchev–Trinajstić information content (AvgIpc) is 3.54. The van der Waals surface area contributed by atoms with Crippen LogP contribution in [0, 0.1) is 35.5 Å². The van der Waals surface area contributed by atoms with Crippen LogP contribution >= 0.6 is 0 Å². The number of carbonyl (C=O) groups is 3. The SMILES string of the molecule is CC[C@H](C)OC(=O)[C@@H]1[C@H]2C=C[C@@H]([C@@H]3C[C@@H]23)[C@@H]1C(=O)OCC(=O)c1ccccc1. The summed E-state index contributed by atoms with van der Waals surface area (Å²) < 4.78 is 11.0. The van der Waals surface area contributed by atoms with E-state index >= 15 is 0 Å². The maximum absolute atomic E-state index is 12.9. The standard InChI is InChI=1S/C23H26O5/c1-3-13(2)28-23(26)21-16-10-9-15(17-11-18(16)17)20(21)22(25)27-12-19(24)14-7-5-4-6-8-14/h4-10,13,15-18,20-21H,3,11-12H2,1-2H3/t13-,15-,16-,17-,18-,20-,21+/m0/s1. The number of ether oxygens (including phenoxy) is 2. The summed E-state index contributed by atoms with van der Waals surface area (Å²) in [6, 6.07) is 8.76. The van der Waals surface area contributed by atoms with Gasteiger partial charge in [-0.15, -0.1) is 0 Å². The van der Waals surface area contributed by atoms with Crippen molar-refractivity contribution in [3.05, 3.63) is 48.0 Å². The Balaban J connectivity index is 1.47. The van der Waals surface area contributed by atoms with Crippen molar-refractivity contribution in [1.82, 2.24) is 0 Å². The molecule has 0 heterocycles. The number of esters is 2. The van der Waals surface area contributed by atoms with Gasteiger partial charge in [-0.25, -0.2) is 0 Å². The van der Waals surface area contributed by atoms with Gasteiger partial charge < -0.3 is 9.47 Å². The van der Waals surface area contributed by atoms with Crippen LogP contribution < -0.4 is 0 Å². The summed E-state index contributed by atoms with van der Waals surface area (Å²) in [7, 11) is 0. The molecule has 5 heteroatoms. The first-order valence-electron chi connectivity index (χ1n) is 10.1. The van der Waals surface area contributed by atoms with Crippen molar-refractivity contribution >= 4 is 17.7 Å². The average molecular weight is 382 g/mol. The third kappa shape index (κ3) is 3.38. The number of fused-ring (bicyclic) bond motifs is 1. The highest BCUT2D eigenvalue weighted by atomic mass is 16.5. The van der Waals surface area contributed by atoms with Gasteiger partial charge in [-0.2, -0.15) is 0 Å². The molecule has 1 aromatic carbocycles. The number of rotatable bonds is 7. The monoisotopic (exact) mass is 382 g/mol. The van der Waals surface area contributed by atoms with Crippen LogP contribution in [0.3, 0.4) is 0 Å². The Bertz CT molecular complexity index is 798. The lowest BCUT2D eigenvalue weighted by atomic mass is 9.62. The number of Topliss-reactive ketones (excluding diaryl/α,β-unsaturated/α-hetero) is 1. The fourth-order valence-corrected chi connectivity index (χ4v) is 4.82. The molecular weight excluding hydrogens is 356 g/mol. The highest BCUT2D eigenvalue weighted by Crippen LogP contribution is 2.63. The summed E-state index contributed by atoms with van der Waals surface area (Å²) in [5.74, 6) is -1.11. The third-order valence-electron chi connectivity index (χ3n) is 6.53. The molecule has 4 aliphatic rings. The van der Waals surface area contributed by atoms with Gasteiger partial charge in [0.1, 0.15) is 0 Å². The van der Waals surface area contributed by atoms with E-state index in [9.17, 15) is 14.4 Å². The summed E-state index contributed by atoms with van der Waals surface area (Å²) in [6.45, 7) is 3.52. The van der Waals surface area contributed by atoms with E-state index in [0.717, 1.165) is 12.8 Å². The normalized spacial score (nSPS) is 32.9. The largest absolute Gasteiger partial charge is 0.462 e. The predicted octanol–water partition coefficient (Wildman–Crippen LogP) is 3.44. The van der Waals surface area contributed by atoms with Gasteiger partial charge in [0.25, 0.3) is 0 Å². The van der Waals surface area contributed by atoms with Crippen molar-refractivity contribution in [3.8, 4) is 0 Å². The van der Waals surface area contributed by atoms with Gasteiger partial charge in [-0.05, 0) is 43.4 Å². The Morgan fingerprint density at radius 3 is 2.21 bits per heavy atom. The lowest BCUT2D eigenvalue weighted by Gasteiger charge is -2.42. The molecule has 0 unspecified atom stereocenters. The van der Waals surface area contributed by atoms with Crippen molar-refractivity contribution in [2.24, 2.45) is 35.5 Å². The van der Waals surface area contributed by atoms with Crippen molar-refractivity contribution < 1.29 is 23.9 Å². The van der Waals surface area contributed by atoms with Crippen molar-refractivity contribution in [2.45, 2.75) is 32.8 Å². The molecule has 1 aromatic rings. The van der Waals surface area contributed by atoms with Crippen molar-refractivity contribution in [3.63, 3.8) is 0 Å². The van der Waals surface area contributed by atoms with E-state index in [4.69, 9.17) is 9.47 Å². The Kier molecular flexibility index (Phi) is 5.09. The number of hydrogen-bond donors (Lipinski definition) is 0. The van der Waals surface area contributed by atoms with Crippen LogP contribution in [0.5, 0.6) is 0 Å². The van der Waals surface area contributed by atoms with Crippen LogP contribution in [0.4, 0.5) is 0 Å². The number of hydrogen-bond acceptors (Lipinski definition) is 5. The Hall–Kier alpha value is -2.43. The lowest BCUT2D eigenvalue weighted by molar-refractivity contribution is -0.170. The van der Waals surface area contributed by atoms with Gasteiger partial charge in [0, 0.05) is 5.56 Å². The summed E-state index contributed by atoms with van der Waals surface area (Å²) >= 11 is 0. The third-order valence-corrected chi connectivity index (χ3v) is 6.53. The maximum Gasteiger partial charge on any atom is 0.310 e. The molecule has 2 saturated carbocycles. The zero-order chi connectivity index (χ0) is 19.8. The first kappa shape index (κ1) is 18.9. The van der Waals surface area contributed by atoms with E-state index in [-0.39, 0.29) is 36.3 Å². The molecule has 0 spiro atoms. The Morgan fingerprint density at radius 1 is 1.00 bits per heavy atom. The zero-order valence-electron chi connectivity index (χ0n) is 16.2. The second-order valence-corrected chi connectivity index (χ2v) is 8.21. The number of benzene rings is 1. The maximum atomic E-state index is 12.9. The van der Waals surface area contributed by atoms with Crippen LogP contribution in [-0.2, 0) is 19.1 Å². The van der Waals surface area contributed by atoms with Crippen LogP contribution in [0.15, 0.2) is 42.5 Å². The molecule has 2 fully saturated rings. The summed E-state index contributed by atoms with van der Waals surface area (Å²) in [5.41, 5.74) is 0.510. The molecule has 0 amide bonds. The minimum Gasteiger partial charge on any atom is -0.462 e. The molecule has 0 saturated heterocycles. The molecule has 4 aliphatic carbocycles. The Labute approximate surface area is 165 Å². The molecule has 28 heavy (non-hydrogen) atoms. The molecule has 148 valence electrons. The van der Waals surface area contributed by atoms with Gasteiger partial charge in [-0.3, -0.25) is 14.4 Å². The molecule has 5 rings (SSSR count). The molecule has 5 nitrogen and oxygen atoms in total. The molecule has 2 bridgehead atoms. The zero-order valence-corrected chi connectivity index (χ0v) is 16.2. The van der Waals surface area contributed by atoms with E-state index in [1.54, 1.807) is 24.3 Å². The topological polar surface area (TPSA) is 69.7 Å². The Morgan fingerprint density at radius 2 is 1.61 bits per heavy atom. The summed E-state index contributed by atoms with van der Waals surface area (Å²) in [5, 5.41) is 0. The lowest BCUT2D eigenvalue weighted by Crippen LogP contribution is -2.48. The predicted molar refractivity (Wildman–Crippen MR) is 102 cm³/mol. The van der Waals surface area contributed by atoms with Gasteiger partial charge in [0.15, 0.2) is 12.4 Å². The number of ketones is 1. The van der Waals surface area contributed by atoms with Gasteiger partial charge in [-0.1, -0.05) is 49.4 Å². The molecule has 0 N–H and O–H groups in total. The second-order valence-electron chi connectivity index (χ2n) is 8.21. The minimum absolute atomic E-state index is 0.00353. The van der Waals surface area contributed by atoms with E-state index in [0.29, 0.717) is 17.4 Å². The first-order chi connectivity index (χ1) is 13.5.